The second-order valence-corrected chi connectivity index (χ2v) is 10.1. The molecule has 96 valence electrons. The Labute approximate surface area is 112 Å². The van der Waals surface area contributed by atoms with Gasteiger partial charge in [0.25, 0.3) is 0 Å². The van der Waals surface area contributed by atoms with Gasteiger partial charge < -0.3 is 0 Å². The van der Waals surface area contributed by atoms with E-state index in [0.29, 0.717) is 0 Å². The fraction of sp³-hybridized carbons (Fsp3) is 0.143. The van der Waals surface area contributed by atoms with E-state index in [2.05, 4.69) is 0 Å². The first-order valence-corrected chi connectivity index (χ1v) is 9.15. The average molecular weight is 283 g/mol. The number of benzene rings is 2. The SMILES string of the molecule is OP(O)(Cl)(Cc1ccccc1)Cc1ccccc1. The van der Waals surface area contributed by atoms with Crippen LogP contribution in [0, 0.1) is 0 Å². The Bertz CT molecular complexity index is 460. The molecule has 0 unspecified atom stereocenters. The molecule has 0 saturated carbocycles. The van der Waals surface area contributed by atoms with Gasteiger partial charge >= 0.3 is 112 Å². The van der Waals surface area contributed by atoms with E-state index in [1.54, 1.807) is 0 Å². The molecule has 0 aliphatic carbocycles. The van der Waals surface area contributed by atoms with Crippen molar-refractivity contribution in [3.63, 3.8) is 0 Å². The molecular formula is C14H16ClO2P. The van der Waals surface area contributed by atoms with Gasteiger partial charge in [-0.2, -0.15) is 0 Å². The first-order chi connectivity index (χ1) is 8.42. The maximum absolute atomic E-state index is 10.3. The average Bonchev–Trinajstić information content (AvgIpc) is 2.29. The molecule has 2 rings (SSSR count). The van der Waals surface area contributed by atoms with Crippen LogP contribution in [-0.2, 0) is 12.3 Å². The molecular weight excluding hydrogens is 267 g/mol. The van der Waals surface area contributed by atoms with Crippen LogP contribution in [0.4, 0.5) is 0 Å². The second-order valence-electron chi connectivity index (χ2n) is 4.56. The van der Waals surface area contributed by atoms with Gasteiger partial charge in [0.1, 0.15) is 0 Å². The monoisotopic (exact) mass is 282 g/mol. The van der Waals surface area contributed by atoms with Crippen molar-refractivity contribution in [2.75, 3.05) is 0 Å². The summed E-state index contributed by atoms with van der Waals surface area (Å²) in [6.45, 7) is 0. The minimum absolute atomic E-state index is 0.100. The van der Waals surface area contributed by atoms with Gasteiger partial charge in [0.2, 0.25) is 0 Å². The van der Waals surface area contributed by atoms with Crippen LogP contribution in [0.15, 0.2) is 60.7 Å². The molecule has 0 aliphatic rings. The van der Waals surface area contributed by atoms with Crippen LogP contribution >= 0.6 is 17.7 Å². The van der Waals surface area contributed by atoms with Gasteiger partial charge in [-0.3, -0.25) is 0 Å². The van der Waals surface area contributed by atoms with Crippen LogP contribution < -0.4 is 0 Å². The van der Waals surface area contributed by atoms with Crippen LogP contribution in [0.2, 0.25) is 0 Å². The standard InChI is InChI=1S/C14H16ClO2P/c15-18(16,17,11-13-7-3-1-4-8-13)12-14-9-5-2-6-10-14/h1-10,16-17H,11-12H2. The summed E-state index contributed by atoms with van der Waals surface area (Å²) in [4.78, 5) is 20.7. The summed E-state index contributed by atoms with van der Waals surface area (Å²) in [6.07, 6.45) is -3.99. The van der Waals surface area contributed by atoms with Crippen molar-refractivity contribution in [3.05, 3.63) is 71.8 Å². The van der Waals surface area contributed by atoms with E-state index < -0.39 is 6.41 Å². The van der Waals surface area contributed by atoms with Gasteiger partial charge in [-0.1, -0.05) is 0 Å². The minimum atomic E-state index is -4.19. The number of hydrogen-bond acceptors (Lipinski definition) is 2. The Kier molecular flexibility index (Phi) is 3.74. The molecule has 0 amide bonds. The quantitative estimate of drug-likeness (QED) is 0.835. The van der Waals surface area contributed by atoms with Crippen LogP contribution in [0.3, 0.4) is 0 Å². The Hall–Kier alpha value is -0.920. The molecule has 2 aromatic carbocycles. The van der Waals surface area contributed by atoms with Gasteiger partial charge in [-0.05, 0) is 0 Å². The Balaban J connectivity index is 2.17. The summed E-state index contributed by atoms with van der Waals surface area (Å²) in [7, 11) is 0. The van der Waals surface area contributed by atoms with E-state index in [1.165, 1.54) is 0 Å². The van der Waals surface area contributed by atoms with Crippen LogP contribution in [0.25, 0.3) is 0 Å². The Morgan fingerprint density at radius 3 is 1.39 bits per heavy atom. The van der Waals surface area contributed by atoms with E-state index in [0.717, 1.165) is 11.1 Å². The van der Waals surface area contributed by atoms with Crippen molar-refractivity contribution in [1.29, 1.82) is 0 Å². The van der Waals surface area contributed by atoms with Crippen molar-refractivity contribution in [2.24, 2.45) is 0 Å². The van der Waals surface area contributed by atoms with E-state index in [-0.39, 0.29) is 12.3 Å². The van der Waals surface area contributed by atoms with E-state index in [1.807, 2.05) is 60.7 Å². The molecule has 0 heterocycles. The zero-order valence-electron chi connectivity index (χ0n) is 9.91. The summed E-state index contributed by atoms with van der Waals surface area (Å²) in [5.41, 5.74) is 1.68. The van der Waals surface area contributed by atoms with Crippen LogP contribution in [0.5, 0.6) is 0 Å². The van der Waals surface area contributed by atoms with E-state index >= 15 is 0 Å². The second kappa shape index (κ2) is 4.99. The number of rotatable bonds is 4. The Morgan fingerprint density at radius 1 is 0.722 bits per heavy atom. The summed E-state index contributed by atoms with van der Waals surface area (Å²) in [6, 6.07) is 18.6. The molecule has 4 heteroatoms. The van der Waals surface area contributed by atoms with Crippen LogP contribution in [0.1, 0.15) is 11.1 Å². The van der Waals surface area contributed by atoms with Crippen molar-refractivity contribution in [2.45, 2.75) is 12.3 Å². The summed E-state index contributed by atoms with van der Waals surface area (Å²) < 4.78 is 0. The van der Waals surface area contributed by atoms with Crippen molar-refractivity contribution in [1.82, 2.24) is 0 Å². The zero-order chi connectivity index (χ0) is 13.1. The van der Waals surface area contributed by atoms with Crippen molar-refractivity contribution in [3.8, 4) is 0 Å². The third-order valence-corrected chi connectivity index (χ3v) is 5.38. The van der Waals surface area contributed by atoms with Gasteiger partial charge in [-0.25, -0.2) is 0 Å². The van der Waals surface area contributed by atoms with Crippen molar-refractivity contribution >= 4 is 17.7 Å². The topological polar surface area (TPSA) is 40.5 Å². The van der Waals surface area contributed by atoms with Crippen LogP contribution in [-0.4, -0.2) is 9.79 Å². The molecule has 0 aliphatic heterocycles. The molecule has 0 radical (unpaired) electrons. The summed E-state index contributed by atoms with van der Waals surface area (Å²) in [5, 5.41) is 0. The number of halogens is 1. The van der Waals surface area contributed by atoms with Gasteiger partial charge in [0.05, 0.1) is 0 Å². The molecule has 0 bridgehead atoms. The zero-order valence-corrected chi connectivity index (χ0v) is 11.6. The predicted octanol–water partition coefficient (Wildman–Crippen LogP) is 3.91. The summed E-state index contributed by atoms with van der Waals surface area (Å²) in [5.74, 6) is 0. The van der Waals surface area contributed by atoms with Gasteiger partial charge in [-0.15, -0.1) is 0 Å². The predicted molar refractivity (Wildman–Crippen MR) is 77.5 cm³/mol. The fourth-order valence-corrected chi connectivity index (χ4v) is 4.75. The normalized spacial score (nSPS) is 13.8. The number of hydrogen-bond donors (Lipinski definition) is 2. The van der Waals surface area contributed by atoms with E-state index in [9.17, 15) is 9.79 Å². The third kappa shape index (κ3) is 4.08. The molecule has 0 spiro atoms. The van der Waals surface area contributed by atoms with Gasteiger partial charge in [0.15, 0.2) is 0 Å². The van der Waals surface area contributed by atoms with Gasteiger partial charge in [0, 0.05) is 0 Å². The first kappa shape index (κ1) is 13.5. The van der Waals surface area contributed by atoms with Crippen molar-refractivity contribution < 1.29 is 9.79 Å². The molecule has 0 saturated heterocycles. The van der Waals surface area contributed by atoms with E-state index in [4.69, 9.17) is 11.2 Å². The first-order valence-electron chi connectivity index (χ1n) is 5.73. The molecule has 0 aromatic heterocycles. The maximum atomic E-state index is 10.3. The third-order valence-electron chi connectivity index (χ3n) is 2.68. The molecule has 2 nitrogen and oxygen atoms in total. The molecule has 0 atom stereocenters. The summed E-state index contributed by atoms with van der Waals surface area (Å²) >= 11 is 6.10. The fourth-order valence-electron chi connectivity index (χ4n) is 1.95. The Morgan fingerprint density at radius 2 is 1.06 bits per heavy atom. The molecule has 0 fully saturated rings. The molecule has 2 aromatic rings. The molecule has 2 N–H and O–H groups in total. The molecule has 18 heavy (non-hydrogen) atoms.